The summed E-state index contributed by atoms with van der Waals surface area (Å²) in [5, 5.41) is 10.4. The normalized spacial score (nSPS) is 20.6. The van der Waals surface area contributed by atoms with Crippen molar-refractivity contribution in [3.63, 3.8) is 0 Å². The molecule has 33 heavy (non-hydrogen) atoms. The van der Waals surface area contributed by atoms with Crippen LogP contribution in [0.15, 0.2) is 18.3 Å². The molecule has 0 saturated carbocycles. The highest BCUT2D eigenvalue weighted by Gasteiger charge is 2.29. The second-order valence-corrected chi connectivity index (χ2v) is 9.64. The number of nitrogens with zero attached hydrogens (tertiary/aromatic N) is 2. The molecule has 2 N–H and O–H groups in total. The predicted octanol–water partition coefficient (Wildman–Crippen LogP) is 4.18. The van der Waals surface area contributed by atoms with E-state index in [9.17, 15) is 9.59 Å². The van der Waals surface area contributed by atoms with E-state index in [0.717, 1.165) is 23.2 Å². The number of amides is 2. The lowest BCUT2D eigenvalue weighted by Crippen LogP contribution is -2.35. The van der Waals surface area contributed by atoms with Gasteiger partial charge in [-0.3, -0.25) is 9.48 Å². The van der Waals surface area contributed by atoms with Crippen LogP contribution in [0.25, 0.3) is 11.3 Å². The summed E-state index contributed by atoms with van der Waals surface area (Å²) in [6.45, 7) is 8.27. The number of hydrogen-bond acceptors (Lipinski definition) is 6. The molecule has 1 aromatic heterocycles. The number of anilines is 1. The fraction of sp³-hybridized carbons (Fsp3) is 0.542. The molecule has 2 aromatic rings. The molecular formula is C24H32N4O5. The molecule has 3 heterocycles. The molecule has 1 aromatic carbocycles. The molecule has 9 heteroatoms. The van der Waals surface area contributed by atoms with Crippen LogP contribution in [0.4, 0.5) is 10.5 Å². The van der Waals surface area contributed by atoms with Gasteiger partial charge in [0.15, 0.2) is 11.5 Å². The minimum atomic E-state index is -0.607. The van der Waals surface area contributed by atoms with E-state index in [4.69, 9.17) is 14.2 Å². The molecule has 2 bridgehead atoms. The predicted molar refractivity (Wildman–Crippen MR) is 123 cm³/mol. The number of benzene rings is 1. The largest absolute Gasteiger partial charge is 0.486 e. The summed E-state index contributed by atoms with van der Waals surface area (Å²) in [6.07, 6.45) is 3.24. The van der Waals surface area contributed by atoms with Gasteiger partial charge < -0.3 is 24.8 Å². The highest BCUT2D eigenvalue weighted by molar-refractivity contribution is 5.96. The molecule has 0 saturated heterocycles. The number of alkyl carbamates (subject to hydrolysis) is 1. The van der Waals surface area contributed by atoms with Gasteiger partial charge in [-0.05, 0) is 51.3 Å². The van der Waals surface area contributed by atoms with Crippen molar-refractivity contribution in [2.45, 2.75) is 58.6 Å². The van der Waals surface area contributed by atoms with E-state index < -0.39 is 11.7 Å². The summed E-state index contributed by atoms with van der Waals surface area (Å²) >= 11 is 0. The maximum atomic E-state index is 12.8. The number of aromatic nitrogens is 2. The Morgan fingerprint density at radius 1 is 1.24 bits per heavy atom. The number of carbonyl (C=O) groups is 2. The number of carbonyl (C=O) groups excluding carboxylic acids is 2. The smallest absolute Gasteiger partial charge is 0.408 e. The summed E-state index contributed by atoms with van der Waals surface area (Å²) in [4.78, 5) is 25.5. The third kappa shape index (κ3) is 5.07. The minimum absolute atomic E-state index is 0.0661. The Bertz CT molecular complexity index is 1060. The molecule has 0 spiro atoms. The van der Waals surface area contributed by atoms with Gasteiger partial charge in [-0.2, -0.15) is 5.10 Å². The van der Waals surface area contributed by atoms with Gasteiger partial charge in [0.05, 0.1) is 23.6 Å². The summed E-state index contributed by atoms with van der Waals surface area (Å²) in [5.74, 6) is 0.953. The van der Waals surface area contributed by atoms with Gasteiger partial charge in [0.2, 0.25) is 5.91 Å². The molecular weight excluding hydrogens is 424 g/mol. The van der Waals surface area contributed by atoms with E-state index in [1.807, 2.05) is 46.9 Å². The molecule has 2 atom stereocenters. The van der Waals surface area contributed by atoms with E-state index in [0.29, 0.717) is 43.2 Å². The van der Waals surface area contributed by atoms with Crippen molar-refractivity contribution in [2.24, 2.45) is 13.0 Å². The molecule has 0 aliphatic carbocycles. The molecule has 4 rings (SSSR count). The number of nitrogens with one attached hydrogen (secondary N) is 2. The van der Waals surface area contributed by atoms with E-state index >= 15 is 0 Å². The van der Waals surface area contributed by atoms with Gasteiger partial charge in [0.1, 0.15) is 18.8 Å². The average molecular weight is 457 g/mol. The third-order valence-electron chi connectivity index (χ3n) is 5.79. The molecule has 0 radical (unpaired) electrons. The third-order valence-corrected chi connectivity index (χ3v) is 5.79. The van der Waals surface area contributed by atoms with Crippen molar-refractivity contribution in [1.29, 1.82) is 0 Å². The standard InChI is InChI=1S/C24H32N4O5/c1-14-7-6-8-17(27-23(30)33-24(2,3)4)15-11-16(21-19(12-15)31-9-10-32-21)20-18(26-22(14)29)13-25-28(20)5/h11-14,17H,6-10H2,1-5H3,(H,26,29)(H,27,30)/t14-,17+/m1/s1. The van der Waals surface area contributed by atoms with Gasteiger partial charge in [-0.25, -0.2) is 4.79 Å². The lowest BCUT2D eigenvalue weighted by Gasteiger charge is -2.28. The van der Waals surface area contributed by atoms with Crippen molar-refractivity contribution < 1.29 is 23.8 Å². The first-order valence-electron chi connectivity index (χ1n) is 11.4. The van der Waals surface area contributed by atoms with Crippen molar-refractivity contribution in [3.8, 4) is 22.8 Å². The van der Waals surface area contributed by atoms with E-state index in [2.05, 4.69) is 15.7 Å². The second-order valence-electron chi connectivity index (χ2n) is 9.64. The van der Waals surface area contributed by atoms with Crippen LogP contribution in [0.3, 0.4) is 0 Å². The second kappa shape index (κ2) is 8.96. The zero-order chi connectivity index (χ0) is 23.8. The van der Waals surface area contributed by atoms with Crippen LogP contribution in [-0.4, -0.2) is 40.6 Å². The molecule has 2 aliphatic heterocycles. The Kier molecular flexibility index (Phi) is 6.23. The first-order valence-corrected chi connectivity index (χ1v) is 11.4. The Balaban J connectivity index is 1.83. The number of fused-ring (bicyclic) bond motifs is 6. The highest BCUT2D eigenvalue weighted by Crippen LogP contribution is 2.45. The Morgan fingerprint density at radius 3 is 2.76 bits per heavy atom. The fourth-order valence-corrected chi connectivity index (χ4v) is 4.19. The first-order chi connectivity index (χ1) is 15.6. The fourth-order valence-electron chi connectivity index (χ4n) is 4.19. The molecule has 2 amide bonds. The Labute approximate surface area is 193 Å². The van der Waals surface area contributed by atoms with E-state index in [-0.39, 0.29) is 17.9 Å². The van der Waals surface area contributed by atoms with Gasteiger partial charge in [-0.15, -0.1) is 0 Å². The van der Waals surface area contributed by atoms with Gasteiger partial charge >= 0.3 is 6.09 Å². The Hall–Kier alpha value is -3.23. The summed E-state index contributed by atoms with van der Waals surface area (Å²) in [6, 6.07) is 3.58. The molecule has 178 valence electrons. The molecule has 0 unspecified atom stereocenters. The maximum absolute atomic E-state index is 12.8. The van der Waals surface area contributed by atoms with Crippen molar-refractivity contribution in [3.05, 3.63) is 23.9 Å². The van der Waals surface area contributed by atoms with Crippen LogP contribution in [-0.2, 0) is 16.6 Å². The topological polar surface area (TPSA) is 104 Å². The lowest BCUT2D eigenvalue weighted by molar-refractivity contribution is -0.119. The monoisotopic (exact) mass is 456 g/mol. The first kappa shape index (κ1) is 22.9. The number of hydrogen-bond donors (Lipinski definition) is 2. The Morgan fingerprint density at radius 2 is 2.00 bits per heavy atom. The van der Waals surface area contributed by atoms with E-state index in [1.165, 1.54) is 0 Å². The minimum Gasteiger partial charge on any atom is -0.486 e. The number of rotatable bonds is 1. The number of ether oxygens (including phenoxy) is 3. The lowest BCUT2D eigenvalue weighted by atomic mass is 9.93. The van der Waals surface area contributed by atoms with Gasteiger partial charge in [-0.1, -0.05) is 13.3 Å². The quantitative estimate of drug-likeness (QED) is 0.667. The van der Waals surface area contributed by atoms with Crippen molar-refractivity contribution >= 4 is 17.7 Å². The van der Waals surface area contributed by atoms with Crippen LogP contribution in [0, 0.1) is 5.92 Å². The van der Waals surface area contributed by atoms with Gasteiger partial charge in [0.25, 0.3) is 0 Å². The van der Waals surface area contributed by atoms with Crippen LogP contribution in [0.2, 0.25) is 0 Å². The van der Waals surface area contributed by atoms with Gasteiger partial charge in [0, 0.05) is 18.5 Å². The summed E-state index contributed by atoms with van der Waals surface area (Å²) < 4.78 is 19.1. The number of aryl methyl sites for hydroxylation is 1. The summed E-state index contributed by atoms with van der Waals surface area (Å²) in [7, 11) is 1.82. The summed E-state index contributed by atoms with van der Waals surface area (Å²) in [5.41, 5.74) is 2.35. The van der Waals surface area contributed by atoms with Crippen LogP contribution >= 0.6 is 0 Å². The zero-order valence-electron chi connectivity index (χ0n) is 19.9. The maximum Gasteiger partial charge on any atom is 0.408 e. The van der Waals surface area contributed by atoms with Crippen molar-refractivity contribution in [1.82, 2.24) is 15.1 Å². The van der Waals surface area contributed by atoms with Crippen LogP contribution < -0.4 is 20.1 Å². The van der Waals surface area contributed by atoms with E-state index in [1.54, 1.807) is 10.9 Å². The zero-order valence-corrected chi connectivity index (χ0v) is 19.9. The molecule has 9 nitrogen and oxygen atoms in total. The molecule has 2 aliphatic rings. The van der Waals surface area contributed by atoms with Crippen LogP contribution in [0.1, 0.15) is 58.6 Å². The van der Waals surface area contributed by atoms with Crippen LogP contribution in [0.5, 0.6) is 11.5 Å². The highest BCUT2D eigenvalue weighted by atomic mass is 16.6. The SMILES string of the molecule is C[C@@H]1CCC[C@H](NC(=O)OC(C)(C)C)c2cc3c(c(c2)-c2c(cnn2C)NC1=O)OCCO3. The van der Waals surface area contributed by atoms with Crippen molar-refractivity contribution in [2.75, 3.05) is 18.5 Å². The average Bonchev–Trinajstić information content (AvgIpc) is 3.09. The molecule has 0 fully saturated rings.